The van der Waals surface area contributed by atoms with E-state index in [2.05, 4.69) is 5.32 Å². The Labute approximate surface area is 180 Å². The predicted octanol–water partition coefficient (Wildman–Crippen LogP) is 0.955. The third-order valence-corrected chi connectivity index (χ3v) is 4.71. The summed E-state index contributed by atoms with van der Waals surface area (Å²) in [6.07, 6.45) is 3.55. The highest BCUT2D eigenvalue weighted by atomic mass is 127. The van der Waals surface area contributed by atoms with Gasteiger partial charge in [-0.25, -0.2) is 0 Å². The minimum atomic E-state index is -0.184. The SMILES string of the molecule is Cc1ccc(NC2=C([n+]3ccccc3)C(=O)c3ccccc3C2=O)c(C)c1.[I-]. The van der Waals surface area contributed by atoms with E-state index in [-0.39, 0.29) is 35.5 Å². The van der Waals surface area contributed by atoms with Crippen molar-refractivity contribution in [1.29, 1.82) is 0 Å². The van der Waals surface area contributed by atoms with Crippen LogP contribution in [0.5, 0.6) is 0 Å². The van der Waals surface area contributed by atoms with Gasteiger partial charge in [-0.15, -0.1) is 0 Å². The maximum atomic E-state index is 13.2. The number of nitrogens with zero attached hydrogens (tertiary/aromatic N) is 1. The van der Waals surface area contributed by atoms with Crippen LogP contribution in [0.25, 0.3) is 5.70 Å². The molecule has 0 radical (unpaired) electrons. The summed E-state index contributed by atoms with van der Waals surface area (Å²) < 4.78 is 1.70. The Morgan fingerprint density at radius 2 is 1.43 bits per heavy atom. The molecule has 1 aromatic heterocycles. The fourth-order valence-corrected chi connectivity index (χ4v) is 3.36. The number of aryl methyl sites for hydroxylation is 2. The van der Waals surface area contributed by atoms with Gasteiger partial charge < -0.3 is 29.3 Å². The van der Waals surface area contributed by atoms with Gasteiger partial charge in [0, 0.05) is 28.9 Å². The van der Waals surface area contributed by atoms with Crippen molar-refractivity contribution < 1.29 is 38.1 Å². The molecule has 0 fully saturated rings. The minimum Gasteiger partial charge on any atom is -1.00 e. The van der Waals surface area contributed by atoms with E-state index >= 15 is 0 Å². The highest BCUT2D eigenvalue weighted by molar-refractivity contribution is 6.36. The number of ketones is 2. The van der Waals surface area contributed by atoms with E-state index in [1.54, 1.807) is 41.2 Å². The fraction of sp³-hybridized carbons (Fsp3) is 0.0870. The van der Waals surface area contributed by atoms with Crippen molar-refractivity contribution in [3.05, 3.63) is 101 Å². The molecule has 4 rings (SSSR count). The topological polar surface area (TPSA) is 50.1 Å². The van der Waals surface area contributed by atoms with Gasteiger partial charge in [0.05, 0.1) is 0 Å². The van der Waals surface area contributed by atoms with E-state index in [9.17, 15) is 9.59 Å². The van der Waals surface area contributed by atoms with E-state index in [1.165, 1.54) is 0 Å². The summed E-state index contributed by atoms with van der Waals surface area (Å²) in [4.78, 5) is 26.5. The number of hydrogen-bond donors (Lipinski definition) is 1. The number of hydrogen-bond acceptors (Lipinski definition) is 3. The van der Waals surface area contributed by atoms with Crippen LogP contribution >= 0.6 is 0 Å². The number of benzene rings is 2. The van der Waals surface area contributed by atoms with Crippen LogP contribution in [-0.4, -0.2) is 11.6 Å². The van der Waals surface area contributed by atoms with Crippen LogP contribution < -0.4 is 33.9 Å². The third-order valence-electron chi connectivity index (χ3n) is 4.71. The molecule has 0 saturated carbocycles. The van der Waals surface area contributed by atoms with Crippen LogP contribution in [0, 0.1) is 13.8 Å². The maximum absolute atomic E-state index is 13.2. The van der Waals surface area contributed by atoms with Gasteiger partial charge in [-0.1, -0.05) is 48.0 Å². The van der Waals surface area contributed by atoms with Crippen LogP contribution in [0.3, 0.4) is 0 Å². The summed E-state index contributed by atoms with van der Waals surface area (Å²) in [5.74, 6) is -0.356. The summed E-state index contributed by atoms with van der Waals surface area (Å²) in [5, 5.41) is 3.23. The number of Topliss-reactive ketones (excluding diaryl/α,β-unsaturated/α-hetero) is 2. The molecule has 2 aromatic carbocycles. The fourth-order valence-electron chi connectivity index (χ4n) is 3.36. The molecule has 1 N–H and O–H groups in total. The van der Waals surface area contributed by atoms with Gasteiger partial charge in [0.2, 0.25) is 5.78 Å². The summed E-state index contributed by atoms with van der Waals surface area (Å²) in [5.41, 5.74) is 4.45. The lowest BCUT2D eigenvalue weighted by Gasteiger charge is -2.19. The second kappa shape index (κ2) is 8.06. The smallest absolute Gasteiger partial charge is 0.286 e. The lowest BCUT2D eigenvalue weighted by Crippen LogP contribution is -3.00. The summed E-state index contributed by atoms with van der Waals surface area (Å²) >= 11 is 0. The monoisotopic (exact) mass is 482 g/mol. The first kappa shape index (κ1) is 19.9. The zero-order chi connectivity index (χ0) is 19.0. The standard InChI is InChI=1S/C23H18N2O2.HI/c1-15-10-11-19(16(2)14-15)24-20-21(25-12-6-3-7-13-25)23(27)18-9-5-4-8-17(18)22(20)26;/h3-14H,1-2H3;1H. The predicted molar refractivity (Wildman–Crippen MR) is 104 cm³/mol. The summed E-state index contributed by atoms with van der Waals surface area (Å²) in [6.45, 7) is 4.00. The Kier molecular flexibility index (Phi) is 5.74. The number of pyridine rings is 1. The zero-order valence-electron chi connectivity index (χ0n) is 15.6. The van der Waals surface area contributed by atoms with Gasteiger partial charge >= 0.3 is 0 Å². The molecule has 0 aliphatic heterocycles. The molecule has 1 aliphatic rings. The first-order valence-electron chi connectivity index (χ1n) is 8.80. The summed E-state index contributed by atoms with van der Waals surface area (Å²) in [7, 11) is 0. The number of aromatic nitrogens is 1. The molecule has 1 heterocycles. The number of halogens is 1. The molecule has 3 aromatic rings. The average Bonchev–Trinajstić information content (AvgIpc) is 2.68. The van der Waals surface area contributed by atoms with Gasteiger partial charge in [-0.3, -0.25) is 9.59 Å². The molecule has 0 spiro atoms. The normalized spacial score (nSPS) is 13.1. The Bertz CT molecular complexity index is 1100. The molecule has 0 bridgehead atoms. The second-order valence-electron chi connectivity index (χ2n) is 6.65. The molecule has 140 valence electrons. The van der Waals surface area contributed by atoms with Crippen molar-refractivity contribution in [2.75, 3.05) is 5.32 Å². The Morgan fingerprint density at radius 1 is 0.786 bits per heavy atom. The van der Waals surface area contributed by atoms with Crippen LogP contribution in [0.15, 0.2) is 78.8 Å². The van der Waals surface area contributed by atoms with Crippen LogP contribution in [-0.2, 0) is 0 Å². The molecular formula is C23H19IN2O2. The highest BCUT2D eigenvalue weighted by Gasteiger charge is 2.38. The van der Waals surface area contributed by atoms with E-state index < -0.39 is 0 Å². The molecular weight excluding hydrogens is 463 g/mol. The Morgan fingerprint density at radius 3 is 2.07 bits per heavy atom. The van der Waals surface area contributed by atoms with Gasteiger partial charge in [-0.2, -0.15) is 4.57 Å². The molecule has 0 amide bonds. The number of allylic oxidation sites excluding steroid dienone is 2. The molecule has 5 heteroatoms. The number of carbonyl (C=O) groups excluding carboxylic acids is 2. The van der Waals surface area contributed by atoms with E-state index in [1.807, 2.05) is 50.2 Å². The molecule has 0 atom stereocenters. The quantitative estimate of drug-likeness (QED) is 0.447. The lowest BCUT2D eigenvalue weighted by molar-refractivity contribution is -0.577. The lowest BCUT2D eigenvalue weighted by atomic mass is 9.90. The zero-order valence-corrected chi connectivity index (χ0v) is 17.7. The van der Waals surface area contributed by atoms with Gasteiger partial charge in [-0.05, 0) is 25.5 Å². The average molecular weight is 482 g/mol. The van der Waals surface area contributed by atoms with Crippen molar-refractivity contribution in [2.45, 2.75) is 13.8 Å². The van der Waals surface area contributed by atoms with Crippen molar-refractivity contribution in [2.24, 2.45) is 0 Å². The molecule has 0 saturated heterocycles. The number of fused-ring (bicyclic) bond motifs is 1. The number of nitrogens with one attached hydrogen (secondary N) is 1. The Hall–Kier alpha value is -2.80. The van der Waals surface area contributed by atoms with E-state index in [0.29, 0.717) is 22.5 Å². The van der Waals surface area contributed by atoms with Crippen LogP contribution in [0.4, 0.5) is 5.69 Å². The van der Waals surface area contributed by atoms with Crippen molar-refractivity contribution >= 4 is 23.0 Å². The van der Waals surface area contributed by atoms with Crippen molar-refractivity contribution in [3.8, 4) is 0 Å². The van der Waals surface area contributed by atoms with E-state index in [4.69, 9.17) is 0 Å². The first-order chi connectivity index (χ1) is 13.1. The largest absolute Gasteiger partial charge is 1.00 e. The number of rotatable bonds is 3. The summed E-state index contributed by atoms with van der Waals surface area (Å²) in [6, 6.07) is 18.5. The van der Waals surface area contributed by atoms with Gasteiger partial charge in [0.25, 0.3) is 11.5 Å². The van der Waals surface area contributed by atoms with Crippen LogP contribution in [0.1, 0.15) is 31.8 Å². The number of anilines is 1. The van der Waals surface area contributed by atoms with Gasteiger partial charge in [0.1, 0.15) is 0 Å². The van der Waals surface area contributed by atoms with Crippen LogP contribution in [0.2, 0.25) is 0 Å². The minimum absolute atomic E-state index is 0. The third kappa shape index (κ3) is 3.49. The number of carbonyl (C=O) groups is 2. The van der Waals surface area contributed by atoms with E-state index in [0.717, 1.165) is 16.8 Å². The molecule has 28 heavy (non-hydrogen) atoms. The molecule has 0 unspecified atom stereocenters. The highest BCUT2D eigenvalue weighted by Crippen LogP contribution is 2.28. The molecule has 4 nitrogen and oxygen atoms in total. The Balaban J connectivity index is 0.00000225. The van der Waals surface area contributed by atoms with Crippen molar-refractivity contribution in [1.82, 2.24) is 0 Å². The maximum Gasteiger partial charge on any atom is 0.286 e. The first-order valence-corrected chi connectivity index (χ1v) is 8.80. The molecule has 1 aliphatic carbocycles. The van der Waals surface area contributed by atoms with Gasteiger partial charge in [0.15, 0.2) is 18.1 Å². The van der Waals surface area contributed by atoms with Crippen molar-refractivity contribution in [3.63, 3.8) is 0 Å². The second-order valence-corrected chi connectivity index (χ2v) is 6.65.